The van der Waals surface area contributed by atoms with E-state index in [1.54, 1.807) is 20.0 Å². The number of nitriles is 1. The van der Waals surface area contributed by atoms with Crippen molar-refractivity contribution in [1.82, 2.24) is 26.0 Å². The van der Waals surface area contributed by atoms with Crippen LogP contribution in [0, 0.1) is 30.6 Å². The van der Waals surface area contributed by atoms with Gasteiger partial charge >= 0.3 is 0 Å². The number of aryl methyl sites for hydroxylation is 2. The average Bonchev–Trinajstić information content (AvgIpc) is 3.40. The second-order valence-corrected chi connectivity index (χ2v) is 12.0. The number of allylic oxidation sites excluding steroid dienone is 1. The normalized spacial score (nSPS) is 13.7. The summed E-state index contributed by atoms with van der Waals surface area (Å²) in [5, 5.41) is 31.3. The lowest BCUT2D eigenvalue weighted by Gasteiger charge is -2.25. The topological polar surface area (TPSA) is 178 Å². The number of nitrogens with zero attached hydrogens (tertiary/aromatic N) is 3. The van der Waals surface area contributed by atoms with Gasteiger partial charge in [0.1, 0.15) is 29.5 Å². The molecule has 0 aliphatic rings. The Labute approximate surface area is 258 Å². The molecule has 0 spiro atoms. The van der Waals surface area contributed by atoms with Gasteiger partial charge in [0.05, 0.1) is 6.10 Å². The molecule has 2 aromatic rings. The largest absolute Gasteiger partial charge is 0.391 e. The minimum atomic E-state index is -1.37. The van der Waals surface area contributed by atoms with Crippen molar-refractivity contribution in [3.05, 3.63) is 64.6 Å². The first kappa shape index (κ1) is 35.7. The zero-order valence-electron chi connectivity index (χ0n) is 26.6. The molecule has 4 amide bonds. The van der Waals surface area contributed by atoms with Crippen molar-refractivity contribution in [1.29, 1.82) is 5.26 Å². The molecule has 1 aromatic heterocycles. The van der Waals surface area contributed by atoms with Crippen LogP contribution in [0.5, 0.6) is 0 Å². The van der Waals surface area contributed by atoms with E-state index in [1.165, 1.54) is 17.9 Å². The second kappa shape index (κ2) is 16.4. The summed E-state index contributed by atoms with van der Waals surface area (Å²) in [6, 6.07) is 8.66. The Bertz CT molecular complexity index is 1370. The molecule has 238 valence electrons. The second-order valence-electron chi connectivity index (χ2n) is 12.0. The van der Waals surface area contributed by atoms with Crippen molar-refractivity contribution in [3.63, 3.8) is 0 Å². The van der Waals surface area contributed by atoms with Gasteiger partial charge in [0.2, 0.25) is 11.8 Å². The van der Waals surface area contributed by atoms with Gasteiger partial charge in [0.25, 0.3) is 11.8 Å². The fraction of sp³-hybridized carbons (Fsp3) is 0.500. The number of hydrogen-bond donors (Lipinski definition) is 4. The third kappa shape index (κ3) is 11.6. The summed E-state index contributed by atoms with van der Waals surface area (Å²) in [5.74, 6) is -1.89. The number of carbonyl (C=O) groups excluding carboxylic acids is 4. The summed E-state index contributed by atoms with van der Waals surface area (Å²) >= 11 is 0. The molecule has 0 saturated carbocycles. The fourth-order valence-corrected chi connectivity index (χ4v) is 4.22. The van der Waals surface area contributed by atoms with Crippen LogP contribution in [0.15, 0.2) is 46.5 Å². The molecule has 3 unspecified atom stereocenters. The third-order valence-electron chi connectivity index (χ3n) is 6.64. The zero-order valence-corrected chi connectivity index (χ0v) is 26.6. The van der Waals surface area contributed by atoms with Gasteiger partial charge in [-0.25, -0.2) is 0 Å². The van der Waals surface area contributed by atoms with Gasteiger partial charge in [-0.3, -0.25) is 19.2 Å². The van der Waals surface area contributed by atoms with E-state index in [-0.39, 0.29) is 35.6 Å². The number of rotatable bonds is 14. The van der Waals surface area contributed by atoms with Crippen LogP contribution in [0.1, 0.15) is 74.3 Å². The van der Waals surface area contributed by atoms with Gasteiger partial charge < -0.3 is 30.5 Å². The summed E-state index contributed by atoms with van der Waals surface area (Å²) in [7, 11) is 1.61. The lowest BCUT2D eigenvalue weighted by molar-refractivity contribution is -0.131. The van der Waals surface area contributed by atoms with Gasteiger partial charge in [-0.05, 0) is 51.0 Å². The lowest BCUT2D eigenvalue weighted by Crippen LogP contribution is -2.57. The zero-order chi connectivity index (χ0) is 33.0. The number of benzene rings is 1. The highest BCUT2D eigenvalue weighted by Crippen LogP contribution is 2.18. The number of aromatic nitrogens is 1. The Morgan fingerprint density at radius 3 is 2.30 bits per heavy atom. The third-order valence-corrected chi connectivity index (χ3v) is 6.64. The highest BCUT2D eigenvalue weighted by Gasteiger charge is 2.30. The maximum Gasteiger partial charge on any atom is 0.274 e. The van der Waals surface area contributed by atoms with Crippen LogP contribution in [0.4, 0.5) is 0 Å². The number of hydrogen-bond acceptors (Lipinski definition) is 8. The van der Waals surface area contributed by atoms with Crippen molar-refractivity contribution >= 4 is 23.6 Å². The van der Waals surface area contributed by atoms with Gasteiger partial charge in [-0.15, -0.1) is 0 Å². The first-order chi connectivity index (χ1) is 20.6. The number of likely N-dealkylation sites (N-methyl/N-ethyl adjacent to an activating group) is 1. The van der Waals surface area contributed by atoms with Gasteiger partial charge in [0.15, 0.2) is 5.69 Å². The molecule has 0 aliphatic heterocycles. The van der Waals surface area contributed by atoms with Crippen LogP contribution in [-0.4, -0.2) is 70.6 Å². The van der Waals surface area contributed by atoms with E-state index in [2.05, 4.69) is 21.1 Å². The predicted molar refractivity (Wildman–Crippen MR) is 164 cm³/mol. The molecule has 0 saturated heterocycles. The fourth-order valence-electron chi connectivity index (χ4n) is 4.22. The molecular weight excluding hydrogens is 564 g/mol. The minimum Gasteiger partial charge on any atom is -0.391 e. The summed E-state index contributed by atoms with van der Waals surface area (Å²) in [4.78, 5) is 53.3. The van der Waals surface area contributed by atoms with Gasteiger partial charge in [0, 0.05) is 26.2 Å². The Morgan fingerprint density at radius 2 is 1.75 bits per heavy atom. The Balaban J connectivity index is 2.10. The first-order valence-corrected chi connectivity index (χ1v) is 14.6. The molecule has 0 fully saturated rings. The van der Waals surface area contributed by atoms with Crippen LogP contribution >= 0.6 is 0 Å². The van der Waals surface area contributed by atoms with E-state index in [0.29, 0.717) is 25.1 Å². The molecule has 0 aliphatic carbocycles. The summed E-state index contributed by atoms with van der Waals surface area (Å²) < 4.78 is 4.91. The number of aliphatic hydroxyl groups excluding tert-OH is 1. The predicted octanol–water partition coefficient (Wildman–Crippen LogP) is 2.70. The van der Waals surface area contributed by atoms with E-state index in [1.807, 2.05) is 58.0 Å². The number of aliphatic hydroxyl groups is 1. The number of carbonyl (C=O) groups is 4. The van der Waals surface area contributed by atoms with E-state index in [0.717, 1.165) is 11.1 Å². The van der Waals surface area contributed by atoms with Crippen LogP contribution in [0.25, 0.3) is 0 Å². The SMILES string of the molecule is Cc1ccc(CNC(=O)C(CCCCN(C)C(=O)C(C#N)=CC(C)(C)C)NC(=O)C(NC(=O)c2cc(C)on2)C(C)O)cc1. The van der Waals surface area contributed by atoms with Crippen molar-refractivity contribution in [3.8, 4) is 6.07 Å². The molecule has 1 aromatic carbocycles. The summed E-state index contributed by atoms with van der Waals surface area (Å²) in [6.45, 7) is 11.2. The smallest absolute Gasteiger partial charge is 0.274 e. The Kier molecular flexibility index (Phi) is 13.3. The number of nitrogens with one attached hydrogen (secondary N) is 3. The first-order valence-electron chi connectivity index (χ1n) is 14.6. The minimum absolute atomic E-state index is 0.0519. The molecule has 0 radical (unpaired) electrons. The van der Waals surface area contributed by atoms with E-state index in [4.69, 9.17) is 4.52 Å². The highest BCUT2D eigenvalue weighted by molar-refractivity contribution is 5.98. The average molecular weight is 609 g/mol. The number of unbranched alkanes of at least 4 members (excludes halogenated alkanes) is 1. The molecule has 1 heterocycles. The van der Waals surface area contributed by atoms with Crippen LogP contribution < -0.4 is 16.0 Å². The Morgan fingerprint density at radius 1 is 1.09 bits per heavy atom. The highest BCUT2D eigenvalue weighted by atomic mass is 16.5. The van der Waals surface area contributed by atoms with E-state index < -0.39 is 35.9 Å². The lowest BCUT2D eigenvalue weighted by atomic mass is 9.93. The number of amides is 4. The maximum atomic E-state index is 13.2. The summed E-state index contributed by atoms with van der Waals surface area (Å²) in [6.07, 6.45) is 1.53. The standard InChI is InChI=1S/C32H44N6O6/c1-20-11-13-23(14-12-20)19-34-28(40)25(10-8-9-15-38(7)31(43)24(18-33)17-32(4,5)6)35-30(42)27(22(3)39)36-29(41)26-16-21(2)44-37-26/h11-14,16-17,22,25,27,39H,8-10,15,19H2,1-7H3,(H,34,40)(H,35,42)(H,36,41). The molecular formula is C32H44N6O6. The van der Waals surface area contributed by atoms with E-state index in [9.17, 15) is 29.5 Å². The van der Waals surface area contributed by atoms with Crippen LogP contribution in [-0.2, 0) is 20.9 Å². The van der Waals surface area contributed by atoms with Gasteiger partial charge in [-0.2, -0.15) is 5.26 Å². The van der Waals surface area contributed by atoms with Crippen molar-refractivity contribution in [2.45, 2.75) is 85.5 Å². The van der Waals surface area contributed by atoms with Crippen molar-refractivity contribution in [2.75, 3.05) is 13.6 Å². The molecule has 2 rings (SSSR count). The Hall–Kier alpha value is -4.50. The van der Waals surface area contributed by atoms with E-state index >= 15 is 0 Å². The molecule has 12 heteroatoms. The van der Waals surface area contributed by atoms with Gasteiger partial charge in [-0.1, -0.05) is 61.8 Å². The molecule has 0 bridgehead atoms. The molecule has 3 atom stereocenters. The van der Waals surface area contributed by atoms with Crippen molar-refractivity contribution in [2.24, 2.45) is 5.41 Å². The van der Waals surface area contributed by atoms with Crippen molar-refractivity contribution < 1.29 is 28.8 Å². The molecule has 4 N–H and O–H groups in total. The van der Waals surface area contributed by atoms with Crippen LogP contribution in [0.3, 0.4) is 0 Å². The monoisotopic (exact) mass is 608 g/mol. The van der Waals surface area contributed by atoms with Crippen LogP contribution in [0.2, 0.25) is 0 Å². The quantitative estimate of drug-likeness (QED) is 0.144. The summed E-state index contributed by atoms with van der Waals surface area (Å²) in [5.41, 5.74) is 1.63. The molecule has 44 heavy (non-hydrogen) atoms. The molecule has 12 nitrogen and oxygen atoms in total. The maximum absolute atomic E-state index is 13.2.